The van der Waals surface area contributed by atoms with E-state index in [1.807, 2.05) is 54.6 Å². The van der Waals surface area contributed by atoms with Gasteiger partial charge in [-0.1, -0.05) is 17.7 Å². The summed E-state index contributed by atoms with van der Waals surface area (Å²) in [5.41, 5.74) is 1.91. The number of aromatic nitrogens is 1. The van der Waals surface area contributed by atoms with Crippen LogP contribution in [-0.4, -0.2) is 35.3 Å². The van der Waals surface area contributed by atoms with Crippen molar-refractivity contribution in [2.75, 3.05) is 20.3 Å². The van der Waals surface area contributed by atoms with Crippen LogP contribution in [-0.2, 0) is 4.74 Å². The highest BCUT2D eigenvalue weighted by atomic mass is 35.5. The number of pyridine rings is 1. The Kier molecular flexibility index (Phi) is 6.13. The van der Waals surface area contributed by atoms with Crippen LogP contribution < -0.4 is 5.32 Å². The van der Waals surface area contributed by atoms with Crippen LogP contribution in [0.15, 0.2) is 65.2 Å². The fourth-order valence-electron chi connectivity index (χ4n) is 3.62. The molecule has 0 spiro atoms. The first-order chi connectivity index (χ1) is 14.2. The van der Waals surface area contributed by atoms with E-state index in [0.717, 1.165) is 35.7 Å². The smallest absolute Gasteiger partial charge is 0.170 e. The van der Waals surface area contributed by atoms with Gasteiger partial charge in [-0.05, 0) is 67.2 Å². The predicted molar refractivity (Wildman–Crippen MR) is 118 cm³/mol. The van der Waals surface area contributed by atoms with Crippen molar-refractivity contribution in [3.63, 3.8) is 0 Å². The average Bonchev–Trinajstić information content (AvgIpc) is 3.34. The lowest BCUT2D eigenvalue weighted by molar-refractivity contribution is 0.177. The summed E-state index contributed by atoms with van der Waals surface area (Å²) in [4.78, 5) is 6.71. The number of methoxy groups -OCH3 is 1. The summed E-state index contributed by atoms with van der Waals surface area (Å²) in [6.45, 7) is 1.44. The normalized spacial score (nSPS) is 18.8. The number of furan rings is 1. The maximum atomic E-state index is 6.29. The monoisotopic (exact) mass is 427 g/mol. The summed E-state index contributed by atoms with van der Waals surface area (Å²) in [5, 5.41) is 4.83. The highest BCUT2D eigenvalue weighted by Gasteiger charge is 2.41. The molecule has 3 aromatic rings. The van der Waals surface area contributed by atoms with Crippen LogP contribution in [0.1, 0.15) is 30.0 Å². The molecule has 0 bridgehead atoms. The minimum absolute atomic E-state index is 0.0875. The molecule has 7 heteroatoms. The van der Waals surface area contributed by atoms with Crippen LogP contribution in [0.3, 0.4) is 0 Å². The van der Waals surface area contributed by atoms with E-state index >= 15 is 0 Å². The van der Waals surface area contributed by atoms with Crippen molar-refractivity contribution < 1.29 is 9.15 Å². The van der Waals surface area contributed by atoms with Crippen LogP contribution >= 0.6 is 23.8 Å². The number of hydrogen-bond acceptors (Lipinski definition) is 4. The van der Waals surface area contributed by atoms with E-state index in [0.29, 0.717) is 16.7 Å². The van der Waals surface area contributed by atoms with E-state index in [2.05, 4.69) is 15.2 Å². The Morgan fingerprint density at radius 2 is 2.00 bits per heavy atom. The van der Waals surface area contributed by atoms with Crippen molar-refractivity contribution in [2.45, 2.75) is 18.5 Å². The zero-order chi connectivity index (χ0) is 20.2. The molecular weight excluding hydrogens is 406 g/mol. The molecule has 1 aromatic carbocycles. The molecule has 1 fully saturated rings. The van der Waals surface area contributed by atoms with Gasteiger partial charge in [0, 0.05) is 37.0 Å². The van der Waals surface area contributed by atoms with Crippen molar-refractivity contribution in [2.24, 2.45) is 0 Å². The molecule has 5 nitrogen and oxygen atoms in total. The molecule has 1 aliphatic heterocycles. The number of thiocarbonyl (C=S) groups is 1. The first kappa shape index (κ1) is 19.9. The third-order valence-corrected chi connectivity index (χ3v) is 5.60. The minimum atomic E-state index is -0.0877. The van der Waals surface area contributed by atoms with Crippen LogP contribution in [0.25, 0.3) is 11.3 Å². The molecule has 1 saturated heterocycles. The lowest BCUT2D eigenvalue weighted by Crippen LogP contribution is -2.31. The molecule has 0 aliphatic carbocycles. The number of hydrogen-bond donors (Lipinski definition) is 1. The molecule has 0 unspecified atom stereocenters. The Bertz CT molecular complexity index is 962. The second-order valence-corrected chi connectivity index (χ2v) is 7.70. The summed E-state index contributed by atoms with van der Waals surface area (Å²) < 4.78 is 11.5. The molecule has 2 atom stereocenters. The van der Waals surface area contributed by atoms with E-state index < -0.39 is 0 Å². The van der Waals surface area contributed by atoms with Gasteiger partial charge in [-0.25, -0.2) is 0 Å². The molecule has 3 heterocycles. The third kappa shape index (κ3) is 4.29. The van der Waals surface area contributed by atoms with Gasteiger partial charge in [0.05, 0.1) is 11.7 Å². The molecule has 4 rings (SSSR count). The number of benzene rings is 1. The lowest BCUT2D eigenvalue weighted by Gasteiger charge is -2.25. The quantitative estimate of drug-likeness (QED) is 0.422. The Balaban J connectivity index is 1.67. The summed E-state index contributed by atoms with van der Waals surface area (Å²) in [6.07, 6.45) is 2.67. The highest BCUT2D eigenvalue weighted by Crippen LogP contribution is 2.40. The molecule has 1 aliphatic rings. The van der Waals surface area contributed by atoms with Gasteiger partial charge < -0.3 is 19.4 Å². The Hall–Kier alpha value is -2.41. The Morgan fingerprint density at radius 1 is 1.17 bits per heavy atom. The highest BCUT2D eigenvalue weighted by molar-refractivity contribution is 7.80. The van der Waals surface area contributed by atoms with Crippen LogP contribution in [0.2, 0.25) is 5.02 Å². The number of ether oxygens (including phenoxy) is 1. The van der Waals surface area contributed by atoms with E-state index in [1.165, 1.54) is 0 Å². The van der Waals surface area contributed by atoms with Crippen LogP contribution in [0.4, 0.5) is 0 Å². The van der Waals surface area contributed by atoms with Crippen LogP contribution in [0.5, 0.6) is 0 Å². The SMILES string of the molecule is COCCCN1C(=S)N[C@@H](c2ccccn2)[C@H]1c1ccc(-c2ccc(Cl)cc2)o1. The average molecular weight is 428 g/mol. The van der Waals surface area contributed by atoms with Crippen LogP contribution in [0, 0.1) is 0 Å². The molecule has 29 heavy (non-hydrogen) atoms. The van der Waals surface area contributed by atoms with E-state index in [4.69, 9.17) is 33.0 Å². The van der Waals surface area contributed by atoms with E-state index in [1.54, 1.807) is 13.3 Å². The second-order valence-electron chi connectivity index (χ2n) is 6.88. The molecule has 0 amide bonds. The van der Waals surface area contributed by atoms with Gasteiger partial charge in [0.15, 0.2) is 5.11 Å². The number of halogens is 1. The molecule has 0 saturated carbocycles. The fourth-order valence-corrected chi connectivity index (χ4v) is 4.07. The molecular formula is C22H22ClN3O2S. The van der Waals surface area contributed by atoms with Crippen molar-refractivity contribution in [1.29, 1.82) is 0 Å². The van der Waals surface area contributed by atoms with Gasteiger partial charge in [0.1, 0.15) is 17.6 Å². The summed E-state index contributed by atoms with van der Waals surface area (Å²) >= 11 is 11.7. The first-order valence-electron chi connectivity index (χ1n) is 9.50. The van der Waals surface area contributed by atoms with Crippen molar-refractivity contribution in [1.82, 2.24) is 15.2 Å². The largest absolute Gasteiger partial charge is 0.459 e. The minimum Gasteiger partial charge on any atom is -0.459 e. The zero-order valence-electron chi connectivity index (χ0n) is 16.0. The van der Waals surface area contributed by atoms with Gasteiger partial charge >= 0.3 is 0 Å². The standard InChI is InChI=1S/C22H22ClN3O2S/c1-27-14-4-13-26-21(20(25-22(26)29)17-5-2-3-12-24-17)19-11-10-18(28-19)15-6-8-16(23)9-7-15/h2-3,5-12,20-21H,4,13-14H2,1H3,(H,25,29)/t20-,21+/m0/s1. The topological polar surface area (TPSA) is 50.5 Å². The molecule has 0 radical (unpaired) electrons. The summed E-state index contributed by atoms with van der Waals surface area (Å²) in [6, 6.07) is 17.4. The van der Waals surface area contributed by atoms with Gasteiger partial charge in [-0.15, -0.1) is 0 Å². The zero-order valence-corrected chi connectivity index (χ0v) is 17.6. The summed E-state index contributed by atoms with van der Waals surface area (Å²) in [7, 11) is 1.71. The number of nitrogens with one attached hydrogen (secondary N) is 1. The van der Waals surface area contributed by atoms with E-state index in [-0.39, 0.29) is 12.1 Å². The Labute approximate surface area is 180 Å². The molecule has 150 valence electrons. The third-order valence-electron chi connectivity index (χ3n) is 4.99. The lowest BCUT2D eigenvalue weighted by atomic mass is 10.0. The van der Waals surface area contributed by atoms with Gasteiger partial charge in [-0.3, -0.25) is 4.98 Å². The fraction of sp³-hybridized carbons (Fsp3) is 0.273. The van der Waals surface area contributed by atoms with E-state index in [9.17, 15) is 0 Å². The van der Waals surface area contributed by atoms with Crippen molar-refractivity contribution in [3.8, 4) is 11.3 Å². The molecule has 2 aromatic heterocycles. The molecule has 1 N–H and O–H groups in total. The van der Waals surface area contributed by atoms with Gasteiger partial charge in [0.2, 0.25) is 0 Å². The Morgan fingerprint density at radius 3 is 2.72 bits per heavy atom. The maximum Gasteiger partial charge on any atom is 0.170 e. The van der Waals surface area contributed by atoms with Crippen molar-refractivity contribution in [3.05, 3.63) is 77.3 Å². The predicted octanol–water partition coefficient (Wildman–Crippen LogP) is 5.00. The van der Waals surface area contributed by atoms with Gasteiger partial charge in [0.25, 0.3) is 0 Å². The number of nitrogens with zero attached hydrogens (tertiary/aromatic N) is 2. The van der Waals surface area contributed by atoms with Crippen molar-refractivity contribution >= 4 is 28.9 Å². The van der Waals surface area contributed by atoms with Gasteiger partial charge in [-0.2, -0.15) is 0 Å². The summed E-state index contributed by atoms with van der Waals surface area (Å²) in [5.74, 6) is 1.64. The first-order valence-corrected chi connectivity index (χ1v) is 10.3. The maximum absolute atomic E-state index is 6.29. The number of rotatable bonds is 7. The second kappa shape index (κ2) is 8.95.